The summed E-state index contributed by atoms with van der Waals surface area (Å²) in [5, 5.41) is 5.75. The molecular weight excluding hydrogens is 648 g/mol. The first-order valence-corrected chi connectivity index (χ1v) is 20.4. The van der Waals surface area contributed by atoms with Crippen LogP contribution in [0.3, 0.4) is 0 Å². The van der Waals surface area contributed by atoms with Gasteiger partial charge in [0.25, 0.3) is 13.4 Å². The number of nitrogens with zero attached hydrogens (tertiary/aromatic N) is 1. The largest absolute Gasteiger partial charge is 0.458 e. The first-order chi connectivity index (χ1) is 25.4. The molecule has 0 spiro atoms. The summed E-state index contributed by atoms with van der Waals surface area (Å²) in [6.07, 6.45) is 0. The van der Waals surface area contributed by atoms with Crippen molar-refractivity contribution in [3.63, 3.8) is 0 Å². The smallest absolute Gasteiger partial charge is 0.256 e. The molecule has 0 saturated heterocycles. The summed E-state index contributed by atoms with van der Waals surface area (Å²) < 4.78 is 13.9. The number of hydrogen-bond acceptors (Lipinski definition) is 3. The fraction of sp³-hybridized carbons (Fsp3) is 0.0870. The molecule has 0 aromatic heterocycles. The van der Waals surface area contributed by atoms with Crippen LogP contribution in [0.4, 0.5) is 17.1 Å². The summed E-state index contributed by atoms with van der Waals surface area (Å²) in [6.45, 7) is 9.03. The van der Waals surface area contributed by atoms with Crippen molar-refractivity contribution < 1.29 is 9.47 Å². The summed E-state index contributed by atoms with van der Waals surface area (Å²) in [4.78, 5) is 2.67. The number of fused-ring (bicyclic) bond motifs is 6. The van der Waals surface area contributed by atoms with Crippen LogP contribution in [-0.4, -0.2) is 21.5 Å². The third-order valence-corrected chi connectivity index (χ3v) is 17.1. The normalized spacial score (nSPS) is 15.3. The van der Waals surface area contributed by atoms with Gasteiger partial charge in [-0.25, -0.2) is 0 Å². The monoisotopic (exact) mass is 681 g/mol. The van der Waals surface area contributed by atoms with Gasteiger partial charge in [-0.05, 0) is 93.4 Å². The van der Waals surface area contributed by atoms with E-state index in [1.54, 1.807) is 0 Å². The molecule has 6 heteroatoms. The SMILES string of the molecule is Cc1ccc2c(c1)B1c3cc(C)cc4c3N3c5c(cc(C)cc5[Si]4(c4ccccc4)c4ccccc4)B4c5cc(C)ccc5Oc5cc(c1c3c54)O2. The fourth-order valence-corrected chi connectivity index (χ4v) is 15.9. The second-order valence-electron chi connectivity index (χ2n) is 15.5. The van der Waals surface area contributed by atoms with Gasteiger partial charge >= 0.3 is 0 Å². The number of ether oxygens (including phenoxy) is 2. The van der Waals surface area contributed by atoms with Gasteiger partial charge in [-0.3, -0.25) is 0 Å². The molecule has 3 nitrogen and oxygen atoms in total. The molecule has 0 unspecified atom stereocenters. The number of hydrogen-bond donors (Lipinski definition) is 0. The molecule has 0 atom stereocenters. The highest BCUT2D eigenvalue weighted by molar-refractivity contribution is 7.22. The minimum atomic E-state index is -2.90. The van der Waals surface area contributed by atoms with Crippen LogP contribution in [0.1, 0.15) is 22.3 Å². The highest BCUT2D eigenvalue weighted by atomic mass is 28.3. The number of anilines is 3. The summed E-state index contributed by atoms with van der Waals surface area (Å²) in [6, 6.07) is 48.5. The lowest BCUT2D eigenvalue weighted by molar-refractivity contribution is 0.465. The van der Waals surface area contributed by atoms with E-state index in [2.05, 4.69) is 160 Å². The van der Waals surface area contributed by atoms with Crippen LogP contribution < -0.4 is 67.9 Å². The summed E-state index contributed by atoms with van der Waals surface area (Å²) in [7, 11) is -2.90. The van der Waals surface area contributed by atoms with Crippen molar-refractivity contribution in [2.24, 2.45) is 0 Å². The van der Waals surface area contributed by atoms with Gasteiger partial charge in [0, 0.05) is 23.1 Å². The van der Waals surface area contributed by atoms with Gasteiger partial charge in [-0.15, -0.1) is 0 Å². The predicted octanol–water partition coefficient (Wildman–Crippen LogP) is 3.95. The van der Waals surface area contributed by atoms with Crippen LogP contribution in [0.15, 0.2) is 127 Å². The Morgan fingerprint density at radius 1 is 0.423 bits per heavy atom. The van der Waals surface area contributed by atoms with Crippen molar-refractivity contribution in [2.75, 3.05) is 4.90 Å². The third kappa shape index (κ3) is 3.40. The molecule has 7 aromatic carbocycles. The van der Waals surface area contributed by atoms with Crippen molar-refractivity contribution in [1.29, 1.82) is 0 Å². The minimum absolute atomic E-state index is 0.0233. The van der Waals surface area contributed by atoms with Crippen LogP contribution in [0.5, 0.6) is 23.0 Å². The van der Waals surface area contributed by atoms with Crippen LogP contribution in [0, 0.1) is 27.7 Å². The molecule has 0 aliphatic carbocycles. The Hall–Kier alpha value is -5.71. The molecule has 0 N–H and O–H groups in total. The maximum Gasteiger partial charge on any atom is 0.256 e. The first kappa shape index (κ1) is 28.9. The highest BCUT2D eigenvalue weighted by Crippen LogP contribution is 2.47. The zero-order chi connectivity index (χ0) is 34.6. The summed E-state index contributed by atoms with van der Waals surface area (Å²) in [5.74, 6) is 3.66. The van der Waals surface area contributed by atoms with Crippen molar-refractivity contribution in [3.8, 4) is 23.0 Å². The Kier molecular flexibility index (Phi) is 5.44. The Balaban J connectivity index is 1.34. The van der Waals surface area contributed by atoms with E-state index in [0.717, 1.165) is 23.0 Å². The molecule has 0 amide bonds. The first-order valence-electron chi connectivity index (χ1n) is 18.4. The van der Waals surface area contributed by atoms with Gasteiger partial charge in [0.15, 0.2) is 8.07 Å². The number of rotatable bonds is 2. The van der Waals surface area contributed by atoms with Gasteiger partial charge in [-0.1, -0.05) is 131 Å². The lowest BCUT2D eigenvalue weighted by Crippen LogP contribution is -2.81. The fourth-order valence-electron chi connectivity index (χ4n) is 10.6. The molecule has 7 aromatic rings. The topological polar surface area (TPSA) is 21.7 Å². The van der Waals surface area contributed by atoms with Crippen LogP contribution in [-0.2, 0) is 0 Å². The molecular formula is C46H33B2NO2Si. The lowest BCUT2D eigenvalue weighted by Gasteiger charge is -2.54. The van der Waals surface area contributed by atoms with Crippen molar-refractivity contribution in [1.82, 2.24) is 0 Å². The second kappa shape index (κ2) is 9.78. The zero-order valence-electron chi connectivity index (χ0n) is 29.5. The molecule has 244 valence electrons. The van der Waals surface area contributed by atoms with E-state index >= 15 is 0 Å². The Morgan fingerprint density at radius 3 is 1.33 bits per heavy atom. The molecule has 5 aliphatic rings. The maximum atomic E-state index is 6.94. The summed E-state index contributed by atoms with van der Waals surface area (Å²) in [5.41, 5.74) is 16.8. The zero-order valence-corrected chi connectivity index (χ0v) is 30.5. The quantitative estimate of drug-likeness (QED) is 0.258. The average Bonchev–Trinajstić information content (AvgIpc) is 3.15. The van der Waals surface area contributed by atoms with Crippen LogP contribution in [0.25, 0.3) is 0 Å². The minimum Gasteiger partial charge on any atom is -0.458 e. The van der Waals surface area contributed by atoms with Gasteiger partial charge in [-0.2, -0.15) is 0 Å². The van der Waals surface area contributed by atoms with Crippen LogP contribution in [0.2, 0.25) is 0 Å². The van der Waals surface area contributed by atoms with Gasteiger partial charge in [0.05, 0.1) is 0 Å². The predicted molar refractivity (Wildman–Crippen MR) is 220 cm³/mol. The Bertz CT molecular complexity index is 2580. The van der Waals surface area contributed by atoms with E-state index in [1.807, 2.05) is 0 Å². The van der Waals surface area contributed by atoms with Crippen molar-refractivity contribution in [2.45, 2.75) is 27.7 Å². The molecule has 12 rings (SSSR count). The van der Waals surface area contributed by atoms with Gasteiger partial charge in [0.1, 0.15) is 23.0 Å². The van der Waals surface area contributed by atoms with E-state index < -0.39 is 8.07 Å². The van der Waals surface area contributed by atoms with Crippen LogP contribution >= 0.6 is 0 Å². The molecule has 0 bridgehead atoms. The van der Waals surface area contributed by atoms with E-state index in [0.29, 0.717) is 0 Å². The van der Waals surface area contributed by atoms with E-state index in [-0.39, 0.29) is 13.4 Å². The lowest BCUT2D eigenvalue weighted by atomic mass is 9.29. The van der Waals surface area contributed by atoms with E-state index in [9.17, 15) is 0 Å². The van der Waals surface area contributed by atoms with E-state index in [4.69, 9.17) is 9.47 Å². The molecule has 0 saturated carbocycles. The maximum absolute atomic E-state index is 6.94. The Labute approximate surface area is 305 Å². The molecule has 5 aliphatic heterocycles. The standard InChI is InChI=1S/C46H33B2NO2Si/c1-26-15-17-36-32(19-26)47-34-21-28(3)23-40-44(34)49-45-35(22-29(4)24-41(45)52(40,30-11-7-5-8-12-30)31-13-9-6-10-14-31)48-33-20-27(2)16-18-37(33)51-39-25-38(50-36)42(47)46(49)43(39)48/h5-25H,1-4H3. The van der Waals surface area contributed by atoms with Gasteiger partial charge in [0.2, 0.25) is 0 Å². The molecule has 0 radical (unpaired) electrons. The summed E-state index contributed by atoms with van der Waals surface area (Å²) >= 11 is 0. The molecule has 5 heterocycles. The van der Waals surface area contributed by atoms with Gasteiger partial charge < -0.3 is 14.4 Å². The third-order valence-electron chi connectivity index (χ3n) is 12.4. The molecule has 0 fully saturated rings. The second-order valence-corrected chi connectivity index (χ2v) is 19.3. The van der Waals surface area contributed by atoms with Crippen molar-refractivity contribution in [3.05, 3.63) is 150 Å². The number of aryl methyl sites for hydroxylation is 4. The average molecular weight is 681 g/mol. The molecule has 52 heavy (non-hydrogen) atoms. The highest BCUT2D eigenvalue weighted by Gasteiger charge is 2.58. The number of benzene rings is 7. The van der Waals surface area contributed by atoms with Crippen molar-refractivity contribution >= 4 is 92.1 Å². The Morgan fingerprint density at radius 2 is 0.865 bits per heavy atom. The van der Waals surface area contributed by atoms with E-state index in [1.165, 1.54) is 92.8 Å².